The lowest BCUT2D eigenvalue weighted by atomic mass is 10.1. The molecule has 0 aliphatic carbocycles. The number of hydrogen-bond acceptors (Lipinski definition) is 3. The van der Waals surface area contributed by atoms with Gasteiger partial charge in [-0.05, 0) is 26.8 Å². The van der Waals surface area contributed by atoms with Gasteiger partial charge in [0.2, 0.25) is 0 Å². The minimum absolute atomic E-state index is 0.128. The number of ether oxygens (including phenoxy) is 1. The summed E-state index contributed by atoms with van der Waals surface area (Å²) in [5.41, 5.74) is -1.87. The maximum Gasteiger partial charge on any atom is 0.432 e. The second-order valence-corrected chi connectivity index (χ2v) is 13.2. The average Bonchev–Trinajstić information content (AvgIpc) is 2.59. The van der Waals surface area contributed by atoms with Crippen LogP contribution in [-0.4, -0.2) is 23.3 Å². The molecule has 1 aromatic heterocycles. The van der Waals surface area contributed by atoms with Gasteiger partial charge in [0.15, 0.2) is 0 Å². The van der Waals surface area contributed by atoms with E-state index in [2.05, 4.69) is 11.5 Å². The van der Waals surface area contributed by atoms with Crippen molar-refractivity contribution in [3.05, 3.63) is 55.6 Å². The number of halogens is 4. The molecular weight excluding hydrogens is 432 g/mol. The van der Waals surface area contributed by atoms with Crippen molar-refractivity contribution < 1.29 is 22.3 Å². The Morgan fingerprint density at radius 3 is 2.19 bits per heavy atom. The van der Waals surface area contributed by atoms with Gasteiger partial charge in [-0.15, -0.1) is 5.54 Å². The topological polar surface area (TPSA) is 53.2 Å². The van der Waals surface area contributed by atoms with E-state index in [1.165, 1.54) is 0 Å². The molecule has 168 valence electrons. The fraction of sp³-hybridized carbons (Fsp3) is 0.429. The van der Waals surface area contributed by atoms with Crippen LogP contribution in [-0.2, 0) is 13.2 Å². The summed E-state index contributed by atoms with van der Waals surface area (Å²) in [7, 11) is -0.929. The van der Waals surface area contributed by atoms with Gasteiger partial charge in [-0.25, -0.2) is 13.8 Å². The predicted molar refractivity (Wildman–Crippen MR) is 113 cm³/mol. The van der Waals surface area contributed by atoms with Gasteiger partial charge in [0.1, 0.15) is 25.3 Å². The third kappa shape index (κ3) is 5.28. The van der Waals surface area contributed by atoms with Crippen LogP contribution >= 0.6 is 0 Å². The van der Waals surface area contributed by atoms with Crippen molar-refractivity contribution in [1.82, 2.24) is 9.13 Å². The Morgan fingerprint density at radius 2 is 1.71 bits per heavy atom. The summed E-state index contributed by atoms with van der Waals surface area (Å²) < 4.78 is 61.3. The second-order valence-electron chi connectivity index (χ2n) is 8.42. The highest BCUT2D eigenvalue weighted by molar-refractivity contribution is 6.83. The lowest BCUT2D eigenvalue weighted by molar-refractivity contribution is -0.144. The fourth-order valence-corrected chi connectivity index (χ4v) is 3.40. The minimum atomic E-state index is -4.92. The van der Waals surface area contributed by atoms with Gasteiger partial charge in [-0.2, -0.15) is 13.2 Å². The molecule has 0 fully saturated rings. The molecule has 0 unspecified atom stereocenters. The molecule has 0 atom stereocenters. The van der Waals surface area contributed by atoms with Crippen LogP contribution in [0.2, 0.25) is 19.6 Å². The monoisotopic (exact) mass is 456 g/mol. The number of hydrogen-bond donors (Lipinski definition) is 0. The predicted octanol–water partition coefficient (Wildman–Crippen LogP) is 4.02. The molecule has 1 heterocycles. The van der Waals surface area contributed by atoms with Crippen LogP contribution in [0.5, 0.6) is 5.75 Å². The quantitative estimate of drug-likeness (QED) is 0.398. The first kappa shape index (κ1) is 24.5. The lowest BCUT2D eigenvalue weighted by Gasteiger charge is -2.18. The molecule has 0 aliphatic rings. The molecule has 10 heteroatoms. The smallest absolute Gasteiger partial charge is 0.432 e. The summed E-state index contributed by atoms with van der Waals surface area (Å²) in [5, 5.41) is 0. The van der Waals surface area contributed by atoms with Crippen LogP contribution in [0.4, 0.5) is 17.6 Å². The van der Waals surface area contributed by atoms with Crippen molar-refractivity contribution >= 4 is 8.07 Å². The number of nitrogens with zero attached hydrogens (tertiary/aromatic N) is 2. The molecule has 0 bridgehead atoms. The number of rotatable bonds is 3. The lowest BCUT2D eigenvalue weighted by Crippen LogP contribution is -2.43. The van der Waals surface area contributed by atoms with Crippen LogP contribution in [0, 0.1) is 24.2 Å². The highest BCUT2D eigenvalue weighted by Crippen LogP contribution is 2.30. The zero-order chi connectivity index (χ0) is 23.9. The Bertz CT molecular complexity index is 1160. The van der Waals surface area contributed by atoms with E-state index in [1.54, 1.807) is 13.8 Å². The molecular formula is C21H24F4N2O3Si. The molecule has 0 radical (unpaired) electrons. The van der Waals surface area contributed by atoms with Crippen LogP contribution in [0.3, 0.4) is 0 Å². The van der Waals surface area contributed by atoms with Crippen molar-refractivity contribution in [2.24, 2.45) is 7.05 Å². The largest absolute Gasteiger partial charge is 0.490 e. The first-order chi connectivity index (χ1) is 14.0. The van der Waals surface area contributed by atoms with Gasteiger partial charge in [0.25, 0.3) is 5.56 Å². The Labute approximate surface area is 178 Å². The van der Waals surface area contributed by atoms with Gasteiger partial charge in [0, 0.05) is 18.7 Å². The summed E-state index contributed by atoms with van der Waals surface area (Å²) >= 11 is 0. The third-order valence-corrected chi connectivity index (χ3v) is 5.06. The van der Waals surface area contributed by atoms with E-state index in [0.717, 1.165) is 26.1 Å². The first-order valence-corrected chi connectivity index (χ1v) is 13.0. The summed E-state index contributed by atoms with van der Waals surface area (Å²) in [6.07, 6.45) is -5.25. The highest BCUT2D eigenvalue weighted by atomic mass is 28.3. The maximum absolute atomic E-state index is 15.0. The fourth-order valence-electron chi connectivity index (χ4n) is 2.89. The van der Waals surface area contributed by atoms with Gasteiger partial charge in [-0.3, -0.25) is 9.36 Å². The molecule has 1 aromatic carbocycles. The Morgan fingerprint density at radius 1 is 1.13 bits per heavy atom. The summed E-state index contributed by atoms with van der Waals surface area (Å²) in [6.45, 7) is 10.4. The Kier molecular flexibility index (Phi) is 6.61. The molecule has 31 heavy (non-hydrogen) atoms. The molecule has 0 spiro atoms. The molecule has 0 saturated carbocycles. The van der Waals surface area contributed by atoms with Crippen LogP contribution in [0.15, 0.2) is 21.7 Å². The normalized spacial score (nSPS) is 12.0. The number of alkyl halides is 3. The number of benzene rings is 1. The van der Waals surface area contributed by atoms with Gasteiger partial charge >= 0.3 is 11.9 Å². The Balaban J connectivity index is 2.88. The number of aromatic nitrogens is 2. The van der Waals surface area contributed by atoms with Crippen molar-refractivity contribution in [3.8, 4) is 22.9 Å². The molecule has 0 N–H and O–H groups in total. The van der Waals surface area contributed by atoms with Crippen LogP contribution in [0.1, 0.15) is 30.7 Å². The molecule has 2 aromatic rings. The maximum atomic E-state index is 15.0. The van der Waals surface area contributed by atoms with Crippen molar-refractivity contribution in [2.45, 2.75) is 52.7 Å². The van der Waals surface area contributed by atoms with Crippen molar-refractivity contribution in [2.75, 3.05) is 0 Å². The zero-order valence-electron chi connectivity index (χ0n) is 18.4. The van der Waals surface area contributed by atoms with E-state index in [1.807, 2.05) is 19.6 Å². The van der Waals surface area contributed by atoms with Gasteiger partial charge in [-0.1, -0.05) is 25.6 Å². The van der Waals surface area contributed by atoms with Crippen molar-refractivity contribution in [1.29, 1.82) is 0 Å². The zero-order valence-corrected chi connectivity index (χ0v) is 19.4. The molecule has 5 nitrogen and oxygen atoms in total. The van der Waals surface area contributed by atoms with E-state index in [0.29, 0.717) is 4.57 Å². The van der Waals surface area contributed by atoms with Crippen LogP contribution in [0.25, 0.3) is 5.69 Å². The van der Waals surface area contributed by atoms with E-state index >= 15 is 0 Å². The molecule has 2 rings (SSSR count). The summed E-state index contributed by atoms with van der Waals surface area (Å²) in [4.78, 5) is 25.3. The van der Waals surface area contributed by atoms with E-state index in [4.69, 9.17) is 4.74 Å². The molecule has 0 amide bonds. The Hall–Kier alpha value is -2.80. The van der Waals surface area contributed by atoms with Gasteiger partial charge < -0.3 is 4.74 Å². The average molecular weight is 457 g/mol. The van der Waals surface area contributed by atoms with E-state index in [-0.39, 0.29) is 22.0 Å². The SMILES string of the molecule is Cc1c(C(F)(F)F)n(C)c(=O)n(-c2cc(OC(C)C)c(C#C[Si](C)(C)C)cc2F)c1=O. The second kappa shape index (κ2) is 8.38. The molecule has 0 aliphatic heterocycles. The minimum Gasteiger partial charge on any atom is -0.490 e. The summed E-state index contributed by atoms with van der Waals surface area (Å²) in [5.74, 6) is 2.04. The van der Waals surface area contributed by atoms with Crippen LogP contribution < -0.4 is 16.0 Å². The molecule has 0 saturated heterocycles. The first-order valence-electron chi connectivity index (χ1n) is 9.48. The summed E-state index contributed by atoms with van der Waals surface area (Å²) in [6, 6.07) is 2.15. The third-order valence-electron chi connectivity index (χ3n) is 4.19. The van der Waals surface area contributed by atoms with E-state index in [9.17, 15) is 27.2 Å². The highest BCUT2D eigenvalue weighted by Gasteiger charge is 2.38. The standard InChI is InChI=1S/C21H24F4N2O3Si/c1-12(2)30-17-11-16(15(22)10-14(17)8-9-31(5,6)7)27-19(28)13(3)18(21(23,24)25)26(4)20(27)29/h10-12H,1-7H3. The van der Waals surface area contributed by atoms with Crippen molar-refractivity contribution in [3.63, 3.8) is 0 Å². The van der Waals surface area contributed by atoms with E-state index < -0.39 is 48.3 Å². The van der Waals surface area contributed by atoms with Gasteiger partial charge in [0.05, 0.1) is 17.4 Å².